The van der Waals surface area contributed by atoms with Crippen LogP contribution in [0.3, 0.4) is 0 Å². The molecule has 0 saturated heterocycles. The second-order valence-corrected chi connectivity index (χ2v) is 9.70. The third-order valence-electron chi connectivity index (χ3n) is 5.24. The van der Waals surface area contributed by atoms with E-state index in [0.717, 1.165) is 18.4 Å². The van der Waals surface area contributed by atoms with Gasteiger partial charge in [0, 0.05) is 18.7 Å². The number of nitrogens with one attached hydrogen (secondary N) is 1. The quantitative estimate of drug-likeness (QED) is 0.562. The number of hydrogen-bond acceptors (Lipinski definition) is 3. The molecule has 0 aliphatic heterocycles. The first kappa shape index (κ1) is 22.6. The molecule has 1 amide bonds. The summed E-state index contributed by atoms with van der Waals surface area (Å²) in [5.41, 5.74) is 3.08. The number of carbonyl (C=O) groups is 1. The van der Waals surface area contributed by atoms with Crippen molar-refractivity contribution in [2.24, 2.45) is 0 Å². The zero-order valence-electron chi connectivity index (χ0n) is 18.1. The van der Waals surface area contributed by atoms with Gasteiger partial charge in [-0.15, -0.1) is 0 Å². The zero-order chi connectivity index (χ0) is 22.4. The summed E-state index contributed by atoms with van der Waals surface area (Å²) in [5.74, 6) is -0.219. The summed E-state index contributed by atoms with van der Waals surface area (Å²) in [6.45, 7) is 3.88. The van der Waals surface area contributed by atoms with E-state index in [9.17, 15) is 13.2 Å². The molecule has 0 bridgehead atoms. The molecule has 0 saturated carbocycles. The molecule has 1 N–H and O–H groups in total. The van der Waals surface area contributed by atoms with Crippen LogP contribution in [0.15, 0.2) is 83.8 Å². The maximum atomic E-state index is 12.9. The predicted molar refractivity (Wildman–Crippen MR) is 125 cm³/mol. The van der Waals surface area contributed by atoms with Gasteiger partial charge >= 0.3 is 0 Å². The lowest BCUT2D eigenvalue weighted by Gasteiger charge is -2.20. The number of nitrogens with zero attached hydrogens (tertiary/aromatic N) is 1. The van der Waals surface area contributed by atoms with E-state index >= 15 is 0 Å². The molecular formula is C25H28N2O3S. The third-order valence-corrected chi connectivity index (χ3v) is 7.04. The Morgan fingerprint density at radius 3 is 2.32 bits per heavy atom. The third kappa shape index (κ3) is 5.73. The number of hydrogen-bond donors (Lipinski definition) is 1. The van der Waals surface area contributed by atoms with Crippen LogP contribution in [0, 0.1) is 6.92 Å². The Morgan fingerprint density at radius 2 is 1.65 bits per heavy atom. The van der Waals surface area contributed by atoms with Crippen LogP contribution in [0.1, 0.15) is 34.8 Å². The molecule has 0 unspecified atom stereocenters. The molecule has 0 aromatic heterocycles. The summed E-state index contributed by atoms with van der Waals surface area (Å²) in [7, 11) is -2.22. The van der Waals surface area contributed by atoms with Gasteiger partial charge in [0.1, 0.15) is 0 Å². The van der Waals surface area contributed by atoms with E-state index in [1.54, 1.807) is 48.5 Å². The van der Waals surface area contributed by atoms with Crippen molar-refractivity contribution in [3.05, 3.63) is 95.6 Å². The van der Waals surface area contributed by atoms with Gasteiger partial charge in [0.2, 0.25) is 0 Å². The maximum absolute atomic E-state index is 12.9. The largest absolute Gasteiger partial charge is 0.350 e. The summed E-state index contributed by atoms with van der Waals surface area (Å²) in [4.78, 5) is 12.9. The first-order valence-corrected chi connectivity index (χ1v) is 11.7. The number of aryl methyl sites for hydroxylation is 2. The fraction of sp³-hybridized carbons (Fsp3) is 0.240. The molecule has 0 radical (unpaired) electrons. The summed E-state index contributed by atoms with van der Waals surface area (Å²) in [6, 6.07) is 23.5. The van der Waals surface area contributed by atoms with Crippen molar-refractivity contribution in [2.45, 2.75) is 37.6 Å². The monoisotopic (exact) mass is 436 g/mol. The number of benzene rings is 3. The molecule has 0 aliphatic carbocycles. The standard InChI is InChI=1S/C25H28N2O3S/c1-19-12-16-24(17-13-19)31(29,30)27(3)23-11-7-10-22(18-23)25(28)26-20(2)14-15-21-8-5-4-6-9-21/h4-13,16-18,20H,14-15H2,1-3H3,(H,26,28)/t20-/m1/s1. The summed E-state index contributed by atoms with van der Waals surface area (Å²) >= 11 is 0. The highest BCUT2D eigenvalue weighted by Crippen LogP contribution is 2.23. The lowest BCUT2D eigenvalue weighted by molar-refractivity contribution is 0.0938. The Balaban J connectivity index is 1.68. The molecule has 1 atom stereocenters. The van der Waals surface area contributed by atoms with Gasteiger partial charge in [-0.25, -0.2) is 8.42 Å². The highest BCUT2D eigenvalue weighted by molar-refractivity contribution is 7.92. The van der Waals surface area contributed by atoms with E-state index < -0.39 is 10.0 Å². The lowest BCUT2D eigenvalue weighted by atomic mass is 10.1. The minimum atomic E-state index is -3.71. The minimum Gasteiger partial charge on any atom is -0.350 e. The van der Waals surface area contributed by atoms with E-state index in [4.69, 9.17) is 0 Å². The highest BCUT2D eigenvalue weighted by atomic mass is 32.2. The molecule has 3 rings (SSSR count). The first-order valence-electron chi connectivity index (χ1n) is 10.3. The van der Waals surface area contributed by atoms with Crippen LogP contribution < -0.4 is 9.62 Å². The number of anilines is 1. The van der Waals surface area contributed by atoms with Gasteiger partial charge < -0.3 is 5.32 Å². The smallest absolute Gasteiger partial charge is 0.264 e. The van der Waals surface area contributed by atoms with E-state index in [1.165, 1.54) is 16.9 Å². The molecule has 162 valence electrons. The summed E-state index contributed by atoms with van der Waals surface area (Å²) in [5, 5.41) is 3.00. The fourth-order valence-electron chi connectivity index (χ4n) is 3.26. The molecular weight excluding hydrogens is 408 g/mol. The van der Waals surface area contributed by atoms with Crippen molar-refractivity contribution in [3.63, 3.8) is 0 Å². The van der Waals surface area contributed by atoms with Gasteiger partial charge in [-0.1, -0.05) is 54.1 Å². The van der Waals surface area contributed by atoms with Crippen LogP contribution in [0.4, 0.5) is 5.69 Å². The summed E-state index contributed by atoms with van der Waals surface area (Å²) in [6.07, 6.45) is 1.69. The van der Waals surface area contributed by atoms with E-state index in [1.807, 2.05) is 32.0 Å². The predicted octanol–water partition coefficient (Wildman–Crippen LogP) is 4.57. The number of carbonyl (C=O) groups excluding carboxylic acids is 1. The highest BCUT2D eigenvalue weighted by Gasteiger charge is 2.22. The first-order chi connectivity index (χ1) is 14.8. The van der Waals surface area contributed by atoms with E-state index in [0.29, 0.717) is 11.3 Å². The van der Waals surface area contributed by atoms with Gasteiger partial charge in [-0.2, -0.15) is 0 Å². The molecule has 0 heterocycles. The normalized spacial score (nSPS) is 12.2. The van der Waals surface area contributed by atoms with Gasteiger partial charge in [0.05, 0.1) is 10.6 Å². The van der Waals surface area contributed by atoms with Crippen LogP contribution in [0.2, 0.25) is 0 Å². The van der Waals surface area contributed by atoms with Crippen LogP contribution in [-0.2, 0) is 16.4 Å². The fourth-order valence-corrected chi connectivity index (χ4v) is 4.44. The number of sulfonamides is 1. The van der Waals surface area contributed by atoms with Crippen LogP contribution in [-0.4, -0.2) is 27.4 Å². The average Bonchev–Trinajstić information content (AvgIpc) is 2.78. The van der Waals surface area contributed by atoms with Crippen molar-refractivity contribution >= 4 is 21.6 Å². The summed E-state index contributed by atoms with van der Waals surface area (Å²) < 4.78 is 27.1. The Labute approximate surface area is 184 Å². The van der Waals surface area contributed by atoms with Gasteiger partial charge in [0.25, 0.3) is 15.9 Å². The Hall–Kier alpha value is -3.12. The topological polar surface area (TPSA) is 66.5 Å². The lowest BCUT2D eigenvalue weighted by Crippen LogP contribution is -2.33. The Morgan fingerprint density at radius 1 is 0.968 bits per heavy atom. The molecule has 5 nitrogen and oxygen atoms in total. The Bertz CT molecular complexity index is 1130. The maximum Gasteiger partial charge on any atom is 0.264 e. The zero-order valence-corrected chi connectivity index (χ0v) is 18.9. The number of rotatable bonds is 8. The van der Waals surface area contributed by atoms with E-state index in [2.05, 4.69) is 17.4 Å². The molecule has 3 aromatic carbocycles. The van der Waals surface area contributed by atoms with Crippen molar-refractivity contribution in [2.75, 3.05) is 11.4 Å². The second kappa shape index (κ2) is 9.79. The molecule has 0 spiro atoms. The van der Waals surface area contributed by atoms with Crippen molar-refractivity contribution in [1.82, 2.24) is 5.32 Å². The molecule has 0 aliphatic rings. The minimum absolute atomic E-state index is 0.00890. The molecule has 3 aromatic rings. The number of amides is 1. The molecule has 6 heteroatoms. The van der Waals surface area contributed by atoms with Crippen molar-refractivity contribution < 1.29 is 13.2 Å². The van der Waals surface area contributed by atoms with Crippen LogP contribution in [0.25, 0.3) is 0 Å². The van der Waals surface area contributed by atoms with Gasteiger partial charge in [-0.3, -0.25) is 9.10 Å². The van der Waals surface area contributed by atoms with Crippen LogP contribution in [0.5, 0.6) is 0 Å². The van der Waals surface area contributed by atoms with Crippen molar-refractivity contribution in [1.29, 1.82) is 0 Å². The van der Waals surface area contributed by atoms with Gasteiger partial charge in [0.15, 0.2) is 0 Å². The average molecular weight is 437 g/mol. The molecule has 0 fully saturated rings. The SMILES string of the molecule is Cc1ccc(S(=O)(=O)N(C)c2cccc(C(=O)N[C@H](C)CCc3ccccc3)c2)cc1. The van der Waals surface area contributed by atoms with Gasteiger partial charge in [-0.05, 0) is 62.6 Å². The van der Waals surface area contributed by atoms with E-state index in [-0.39, 0.29) is 16.8 Å². The Kier molecular flexibility index (Phi) is 7.13. The molecule has 31 heavy (non-hydrogen) atoms. The van der Waals surface area contributed by atoms with Crippen LogP contribution >= 0.6 is 0 Å². The second-order valence-electron chi connectivity index (χ2n) is 7.73. The van der Waals surface area contributed by atoms with Crippen molar-refractivity contribution in [3.8, 4) is 0 Å².